The predicted molar refractivity (Wildman–Crippen MR) is 146 cm³/mol. The van der Waals surface area contributed by atoms with Crippen LogP contribution in [0.4, 0.5) is 4.39 Å². The first-order chi connectivity index (χ1) is 18.7. The molecule has 204 valence electrons. The van der Waals surface area contributed by atoms with Crippen molar-refractivity contribution < 1.29 is 23.5 Å². The number of carbonyl (C=O) groups is 2. The minimum atomic E-state index is -1.25. The minimum Gasteiger partial charge on any atom is -0.468 e. The van der Waals surface area contributed by atoms with Gasteiger partial charge < -0.3 is 15.2 Å². The zero-order valence-corrected chi connectivity index (χ0v) is 22.4. The average molecular weight is 533 g/mol. The topological polar surface area (TPSA) is 97.5 Å². The molecule has 0 saturated carbocycles. The number of ether oxygens (including phenoxy) is 2. The number of amidine groups is 1. The summed E-state index contributed by atoms with van der Waals surface area (Å²) in [6.07, 6.45) is 5.11. The van der Waals surface area contributed by atoms with Crippen molar-refractivity contribution in [2.45, 2.75) is 32.5 Å². The first-order valence-corrected chi connectivity index (χ1v) is 12.8. The number of methoxy groups -OCH3 is 1. The van der Waals surface area contributed by atoms with Gasteiger partial charge in [-0.2, -0.15) is 0 Å². The van der Waals surface area contributed by atoms with E-state index in [9.17, 15) is 9.59 Å². The summed E-state index contributed by atoms with van der Waals surface area (Å²) in [5.41, 5.74) is 7.84. The van der Waals surface area contributed by atoms with Crippen molar-refractivity contribution in [3.8, 4) is 12.3 Å². The van der Waals surface area contributed by atoms with E-state index in [1.165, 1.54) is 24.8 Å². The highest BCUT2D eigenvalue weighted by molar-refractivity contribution is 6.06. The van der Waals surface area contributed by atoms with Gasteiger partial charge >= 0.3 is 11.9 Å². The molecule has 2 N–H and O–H groups in total. The molecule has 0 bridgehead atoms. The molecule has 2 aliphatic heterocycles. The number of esters is 2. The average Bonchev–Trinajstić information content (AvgIpc) is 2.93. The van der Waals surface area contributed by atoms with Crippen LogP contribution < -0.4 is 5.73 Å². The SMILES string of the molecule is C#Cc1cccc(F)c1C1C(C(=O)OC(C)N2CCN(Cc3ccccc3)CC2)=C(C)N=C(N)C1C(=O)OC. The van der Waals surface area contributed by atoms with Crippen molar-refractivity contribution >= 4 is 17.8 Å². The van der Waals surface area contributed by atoms with Crippen LogP contribution in [-0.4, -0.2) is 67.1 Å². The van der Waals surface area contributed by atoms with E-state index >= 15 is 4.39 Å². The number of nitrogens with zero attached hydrogens (tertiary/aromatic N) is 3. The minimum absolute atomic E-state index is 0.00160. The van der Waals surface area contributed by atoms with Crippen LogP contribution in [0.25, 0.3) is 0 Å². The van der Waals surface area contributed by atoms with Gasteiger partial charge in [0.05, 0.1) is 18.4 Å². The zero-order valence-electron chi connectivity index (χ0n) is 22.4. The second-order valence-electron chi connectivity index (χ2n) is 9.66. The Kier molecular flexibility index (Phi) is 8.79. The summed E-state index contributed by atoms with van der Waals surface area (Å²) in [6, 6.07) is 14.5. The van der Waals surface area contributed by atoms with E-state index in [1.54, 1.807) is 19.9 Å². The number of halogens is 1. The van der Waals surface area contributed by atoms with Crippen LogP contribution in [0.2, 0.25) is 0 Å². The quantitative estimate of drug-likeness (QED) is 0.433. The van der Waals surface area contributed by atoms with Crippen LogP contribution in [-0.2, 0) is 25.6 Å². The number of hydrogen-bond acceptors (Lipinski definition) is 8. The molecule has 39 heavy (non-hydrogen) atoms. The largest absolute Gasteiger partial charge is 0.468 e. The van der Waals surface area contributed by atoms with Crippen LogP contribution in [0.3, 0.4) is 0 Å². The van der Waals surface area contributed by atoms with Gasteiger partial charge in [-0.25, -0.2) is 14.2 Å². The van der Waals surface area contributed by atoms with Crippen molar-refractivity contribution in [2.75, 3.05) is 33.3 Å². The molecule has 1 fully saturated rings. The van der Waals surface area contributed by atoms with Gasteiger partial charge in [-0.3, -0.25) is 14.6 Å². The lowest BCUT2D eigenvalue weighted by Crippen LogP contribution is -2.50. The summed E-state index contributed by atoms with van der Waals surface area (Å²) in [4.78, 5) is 35.2. The zero-order chi connectivity index (χ0) is 28.1. The highest BCUT2D eigenvalue weighted by atomic mass is 19.1. The molecule has 2 aromatic carbocycles. The fourth-order valence-corrected chi connectivity index (χ4v) is 5.25. The number of allylic oxidation sites excluding steroid dienone is 1. The summed E-state index contributed by atoms with van der Waals surface area (Å²) in [5, 5.41) is 0. The van der Waals surface area contributed by atoms with E-state index in [0.717, 1.165) is 19.6 Å². The predicted octanol–water partition coefficient (Wildman–Crippen LogP) is 3.03. The third-order valence-corrected chi connectivity index (χ3v) is 7.29. The number of piperazine rings is 1. The normalized spacial score (nSPS) is 21.1. The van der Waals surface area contributed by atoms with E-state index in [-0.39, 0.29) is 28.2 Å². The number of benzene rings is 2. The second kappa shape index (κ2) is 12.2. The Bertz CT molecular complexity index is 1330. The fraction of sp³-hybridized carbons (Fsp3) is 0.367. The van der Waals surface area contributed by atoms with Gasteiger partial charge in [-0.1, -0.05) is 42.3 Å². The molecule has 2 aromatic rings. The molecule has 3 atom stereocenters. The van der Waals surface area contributed by atoms with Gasteiger partial charge in [0, 0.05) is 49.8 Å². The highest BCUT2D eigenvalue weighted by Crippen LogP contribution is 2.41. The fourth-order valence-electron chi connectivity index (χ4n) is 5.25. The molecule has 0 spiro atoms. The molecule has 4 rings (SSSR count). The third kappa shape index (κ3) is 6.03. The third-order valence-electron chi connectivity index (χ3n) is 7.29. The first kappa shape index (κ1) is 28.0. The molecule has 0 aromatic heterocycles. The van der Waals surface area contributed by atoms with Gasteiger partial charge in [0.15, 0.2) is 6.23 Å². The maximum atomic E-state index is 15.3. The second-order valence-corrected chi connectivity index (χ2v) is 9.66. The maximum Gasteiger partial charge on any atom is 0.338 e. The number of rotatable bonds is 7. The molecule has 0 radical (unpaired) electrons. The molecule has 0 aliphatic carbocycles. The summed E-state index contributed by atoms with van der Waals surface area (Å²) < 4.78 is 26.1. The summed E-state index contributed by atoms with van der Waals surface area (Å²) >= 11 is 0. The van der Waals surface area contributed by atoms with Crippen LogP contribution in [0, 0.1) is 24.1 Å². The smallest absolute Gasteiger partial charge is 0.338 e. The molecule has 0 amide bonds. The van der Waals surface area contributed by atoms with E-state index in [1.807, 2.05) is 18.2 Å². The van der Waals surface area contributed by atoms with Crippen molar-refractivity contribution in [1.82, 2.24) is 9.80 Å². The van der Waals surface area contributed by atoms with E-state index < -0.39 is 35.8 Å². The molecule has 3 unspecified atom stereocenters. The molecule has 2 aliphatic rings. The lowest BCUT2D eigenvalue weighted by Gasteiger charge is -2.38. The number of terminal acetylenes is 1. The summed E-state index contributed by atoms with van der Waals surface area (Å²) in [5.74, 6) is -2.18. The van der Waals surface area contributed by atoms with Crippen molar-refractivity contribution in [3.63, 3.8) is 0 Å². The highest BCUT2D eigenvalue weighted by Gasteiger charge is 2.45. The number of carbonyl (C=O) groups excluding carboxylic acids is 2. The molecular weight excluding hydrogens is 499 g/mol. The molecule has 1 saturated heterocycles. The van der Waals surface area contributed by atoms with E-state index in [4.69, 9.17) is 21.6 Å². The first-order valence-electron chi connectivity index (χ1n) is 12.8. The Balaban J connectivity index is 1.56. The Labute approximate surface area is 228 Å². The van der Waals surface area contributed by atoms with Crippen LogP contribution in [0.1, 0.15) is 36.5 Å². The molecule has 9 heteroatoms. The van der Waals surface area contributed by atoms with Gasteiger partial charge in [-0.05, 0) is 31.5 Å². The number of aliphatic imine (C=N–C) groups is 1. The van der Waals surface area contributed by atoms with Gasteiger partial charge in [0.1, 0.15) is 17.6 Å². The Morgan fingerprint density at radius 1 is 1.15 bits per heavy atom. The lowest BCUT2D eigenvalue weighted by atomic mass is 9.75. The maximum absolute atomic E-state index is 15.3. The Morgan fingerprint density at radius 3 is 2.49 bits per heavy atom. The molecule has 8 nitrogen and oxygen atoms in total. The van der Waals surface area contributed by atoms with E-state index in [2.05, 4.69) is 32.8 Å². The standard InChI is InChI=1S/C30H33FN4O4/c1-5-22-12-9-13-23(31)25(22)26-24(19(2)33-28(32)27(26)29(36)38-4)30(37)39-20(3)35-16-14-34(15-17-35)18-21-10-7-6-8-11-21/h1,6-13,20,26-27H,14-18H2,2-4H3,(H2,32,33). The van der Waals surface area contributed by atoms with Gasteiger partial charge in [0.25, 0.3) is 0 Å². The van der Waals surface area contributed by atoms with Crippen molar-refractivity contribution in [3.05, 3.63) is 82.3 Å². The van der Waals surface area contributed by atoms with E-state index in [0.29, 0.717) is 13.1 Å². The van der Waals surface area contributed by atoms with Crippen LogP contribution in [0.15, 0.2) is 64.8 Å². The number of nitrogens with two attached hydrogens (primary N) is 1. The van der Waals surface area contributed by atoms with Crippen LogP contribution in [0.5, 0.6) is 0 Å². The monoisotopic (exact) mass is 532 g/mol. The Morgan fingerprint density at radius 2 is 1.85 bits per heavy atom. The molecule has 2 heterocycles. The molecular formula is C30H33FN4O4. The van der Waals surface area contributed by atoms with Gasteiger partial charge in [0.2, 0.25) is 0 Å². The Hall–Kier alpha value is -4.00. The van der Waals surface area contributed by atoms with Crippen molar-refractivity contribution in [2.24, 2.45) is 16.6 Å². The summed E-state index contributed by atoms with van der Waals surface area (Å²) in [6.45, 7) is 7.25. The van der Waals surface area contributed by atoms with Gasteiger partial charge in [-0.15, -0.1) is 6.42 Å². The lowest BCUT2D eigenvalue weighted by molar-refractivity contribution is -0.155. The van der Waals surface area contributed by atoms with Crippen LogP contribution >= 0.6 is 0 Å². The number of hydrogen-bond donors (Lipinski definition) is 1. The summed E-state index contributed by atoms with van der Waals surface area (Å²) in [7, 11) is 1.19. The van der Waals surface area contributed by atoms with Crippen molar-refractivity contribution in [1.29, 1.82) is 0 Å².